The van der Waals surface area contributed by atoms with Crippen LogP contribution in [0.4, 0.5) is 0 Å². The predicted molar refractivity (Wildman–Crippen MR) is 62.0 cm³/mol. The molecule has 0 aromatic carbocycles. The predicted octanol–water partition coefficient (Wildman–Crippen LogP) is 0.421. The van der Waals surface area contributed by atoms with E-state index >= 15 is 0 Å². The highest BCUT2D eigenvalue weighted by Gasteiger charge is 2.64. The van der Waals surface area contributed by atoms with Crippen LogP contribution in [0.5, 0.6) is 0 Å². The molecule has 6 heteroatoms. The van der Waals surface area contributed by atoms with Crippen molar-refractivity contribution in [3.05, 3.63) is 0 Å². The van der Waals surface area contributed by atoms with Crippen molar-refractivity contribution in [2.75, 3.05) is 14.2 Å². The summed E-state index contributed by atoms with van der Waals surface area (Å²) in [4.78, 5) is 48.2. The van der Waals surface area contributed by atoms with Gasteiger partial charge < -0.3 is 9.47 Å². The van der Waals surface area contributed by atoms with Crippen LogP contribution in [0.25, 0.3) is 0 Å². The fraction of sp³-hybridized carbons (Fsp3) is 0.692. The Kier molecular flexibility index (Phi) is 3.20. The summed E-state index contributed by atoms with van der Waals surface area (Å²) in [6.07, 6.45) is 0.176. The molecule has 104 valence electrons. The molecule has 2 atom stereocenters. The summed E-state index contributed by atoms with van der Waals surface area (Å²) < 4.78 is 9.41. The van der Waals surface area contributed by atoms with Crippen LogP contribution in [-0.2, 0) is 28.7 Å². The minimum Gasteiger partial charge on any atom is -0.468 e. The number of carbonyl (C=O) groups excluding carboxylic acids is 4. The Morgan fingerprint density at radius 1 is 0.895 bits per heavy atom. The fourth-order valence-corrected chi connectivity index (χ4v) is 3.27. The van der Waals surface area contributed by atoms with Crippen molar-refractivity contribution in [1.82, 2.24) is 0 Å². The smallest absolute Gasteiger partial charge is 0.319 e. The second-order valence-electron chi connectivity index (χ2n) is 5.17. The monoisotopic (exact) mass is 268 g/mol. The topological polar surface area (TPSA) is 86.7 Å². The van der Waals surface area contributed by atoms with E-state index in [4.69, 9.17) is 9.47 Å². The quantitative estimate of drug-likeness (QED) is 0.533. The van der Waals surface area contributed by atoms with Crippen LogP contribution in [0.3, 0.4) is 0 Å². The van der Waals surface area contributed by atoms with E-state index in [9.17, 15) is 19.2 Å². The van der Waals surface area contributed by atoms with Crippen molar-refractivity contribution in [1.29, 1.82) is 0 Å². The van der Waals surface area contributed by atoms with Crippen LogP contribution in [-0.4, -0.2) is 37.7 Å². The van der Waals surface area contributed by atoms with Gasteiger partial charge in [-0.05, 0) is 19.3 Å². The van der Waals surface area contributed by atoms with Gasteiger partial charge in [0.05, 0.1) is 14.2 Å². The largest absolute Gasteiger partial charge is 0.468 e. The summed E-state index contributed by atoms with van der Waals surface area (Å²) in [5.74, 6) is -1.80. The molecular weight excluding hydrogens is 252 g/mol. The van der Waals surface area contributed by atoms with Gasteiger partial charge in [-0.25, -0.2) is 0 Å². The van der Waals surface area contributed by atoms with Crippen molar-refractivity contribution >= 4 is 23.5 Å². The molecule has 0 radical (unpaired) electrons. The summed E-state index contributed by atoms with van der Waals surface area (Å²) >= 11 is 0. The zero-order valence-electron chi connectivity index (χ0n) is 11.0. The summed E-state index contributed by atoms with van der Waals surface area (Å²) in [7, 11) is 2.41. The lowest BCUT2D eigenvalue weighted by molar-refractivity contribution is -0.177. The number of carbonyl (C=O) groups is 4. The molecule has 2 aliphatic rings. The molecule has 0 spiro atoms. The normalized spacial score (nSPS) is 33.8. The van der Waals surface area contributed by atoms with Crippen LogP contribution in [0, 0.1) is 10.8 Å². The van der Waals surface area contributed by atoms with Crippen molar-refractivity contribution in [3.8, 4) is 0 Å². The lowest BCUT2D eigenvalue weighted by Crippen LogP contribution is -2.58. The van der Waals surface area contributed by atoms with Gasteiger partial charge in [0.15, 0.2) is 0 Å². The molecule has 0 N–H and O–H groups in total. The van der Waals surface area contributed by atoms with E-state index in [1.165, 1.54) is 14.2 Å². The summed E-state index contributed by atoms with van der Waals surface area (Å²) in [6, 6.07) is 0. The van der Waals surface area contributed by atoms with E-state index in [-0.39, 0.29) is 43.7 Å². The second-order valence-corrected chi connectivity index (χ2v) is 5.17. The Morgan fingerprint density at radius 3 is 1.58 bits per heavy atom. The second kappa shape index (κ2) is 4.43. The molecule has 2 bridgehead atoms. The lowest BCUT2D eigenvalue weighted by atomic mass is 9.53. The first-order valence-corrected chi connectivity index (χ1v) is 6.16. The standard InChI is InChI=1S/C13H16O6/c1-18-10(16)12-5-3-9(15)13(7-12,11(17)19-2)6-4-8(12)14/h3-7H2,1-2H3/t12-,13-/m0/s1. The van der Waals surface area contributed by atoms with Gasteiger partial charge in [0.25, 0.3) is 0 Å². The Morgan fingerprint density at radius 2 is 1.26 bits per heavy atom. The van der Waals surface area contributed by atoms with E-state index in [2.05, 4.69) is 0 Å². The van der Waals surface area contributed by atoms with Gasteiger partial charge >= 0.3 is 11.9 Å². The molecule has 6 nitrogen and oxygen atoms in total. The molecule has 2 fully saturated rings. The molecular formula is C13H16O6. The van der Waals surface area contributed by atoms with Crippen molar-refractivity contribution < 1.29 is 28.7 Å². The zero-order valence-corrected chi connectivity index (χ0v) is 11.0. The van der Waals surface area contributed by atoms with E-state index in [1.807, 2.05) is 0 Å². The Labute approximate surface area is 110 Å². The molecule has 2 rings (SSSR count). The highest BCUT2D eigenvalue weighted by molar-refractivity contribution is 6.13. The Balaban J connectivity index is 2.48. The van der Waals surface area contributed by atoms with Crippen LogP contribution in [0.15, 0.2) is 0 Å². The number of hydrogen-bond acceptors (Lipinski definition) is 6. The molecule has 0 aromatic rings. The zero-order chi connectivity index (χ0) is 14.3. The van der Waals surface area contributed by atoms with Crippen molar-refractivity contribution in [2.24, 2.45) is 10.8 Å². The average molecular weight is 268 g/mol. The number of esters is 2. The molecule has 0 aromatic heterocycles. The van der Waals surface area contributed by atoms with Gasteiger partial charge in [-0.2, -0.15) is 0 Å². The average Bonchev–Trinajstić information content (AvgIpc) is 2.44. The summed E-state index contributed by atoms with van der Waals surface area (Å²) in [5, 5.41) is 0. The highest BCUT2D eigenvalue weighted by Crippen LogP contribution is 2.53. The highest BCUT2D eigenvalue weighted by atomic mass is 16.5. The van der Waals surface area contributed by atoms with Gasteiger partial charge in [0.1, 0.15) is 22.4 Å². The molecule has 19 heavy (non-hydrogen) atoms. The SMILES string of the molecule is COC(=O)[C@]12CCC(=O)[C@](C(=O)OC)(CCC1=O)C2. The van der Waals surface area contributed by atoms with E-state index in [1.54, 1.807) is 0 Å². The number of hydrogen-bond donors (Lipinski definition) is 0. The number of ketones is 2. The van der Waals surface area contributed by atoms with Crippen LogP contribution >= 0.6 is 0 Å². The number of ether oxygens (including phenoxy) is 2. The van der Waals surface area contributed by atoms with E-state index < -0.39 is 22.8 Å². The number of rotatable bonds is 2. The third kappa shape index (κ3) is 1.69. The molecule has 2 aliphatic carbocycles. The van der Waals surface area contributed by atoms with E-state index in [0.29, 0.717) is 0 Å². The van der Waals surface area contributed by atoms with Crippen LogP contribution in [0.2, 0.25) is 0 Å². The number of Topliss-reactive ketones (excluding diaryl/α,β-unsaturated/α-hetero) is 2. The molecule has 0 unspecified atom stereocenters. The van der Waals surface area contributed by atoms with Crippen LogP contribution < -0.4 is 0 Å². The first kappa shape index (κ1) is 13.7. The Bertz CT molecular complexity index is 406. The van der Waals surface area contributed by atoms with Gasteiger partial charge in [0, 0.05) is 12.8 Å². The minimum absolute atomic E-state index is 0.0237. The molecule has 0 saturated heterocycles. The first-order valence-electron chi connectivity index (χ1n) is 6.16. The van der Waals surface area contributed by atoms with Gasteiger partial charge in [-0.1, -0.05) is 0 Å². The maximum absolute atomic E-state index is 12.1. The first-order chi connectivity index (χ1) is 8.93. The van der Waals surface area contributed by atoms with Gasteiger partial charge in [-0.3, -0.25) is 19.2 Å². The minimum atomic E-state index is -1.35. The molecule has 0 aliphatic heterocycles. The lowest BCUT2D eigenvalue weighted by Gasteiger charge is -2.46. The number of methoxy groups -OCH3 is 2. The fourth-order valence-electron chi connectivity index (χ4n) is 3.27. The van der Waals surface area contributed by atoms with E-state index in [0.717, 1.165) is 0 Å². The summed E-state index contributed by atoms with van der Waals surface area (Å²) in [5.41, 5.74) is -2.70. The molecule has 0 heterocycles. The third-order valence-corrected chi connectivity index (χ3v) is 4.38. The maximum Gasteiger partial charge on any atom is 0.319 e. The van der Waals surface area contributed by atoms with Crippen molar-refractivity contribution in [2.45, 2.75) is 32.1 Å². The summed E-state index contributed by atoms with van der Waals surface area (Å²) in [6.45, 7) is 0. The van der Waals surface area contributed by atoms with Gasteiger partial charge in [-0.15, -0.1) is 0 Å². The third-order valence-electron chi connectivity index (χ3n) is 4.38. The molecule has 0 amide bonds. The van der Waals surface area contributed by atoms with Crippen LogP contribution in [0.1, 0.15) is 32.1 Å². The van der Waals surface area contributed by atoms with Crippen molar-refractivity contribution in [3.63, 3.8) is 0 Å². The Hall–Kier alpha value is -1.72. The molecule has 2 saturated carbocycles. The maximum atomic E-state index is 12.1. The van der Waals surface area contributed by atoms with Gasteiger partial charge in [0.2, 0.25) is 0 Å². The number of fused-ring (bicyclic) bond motifs is 2.